The topological polar surface area (TPSA) is 34.1 Å². The molecule has 0 radical (unpaired) electrons. The normalized spacial score (nSPS) is 13.2. The van der Waals surface area contributed by atoms with E-state index in [9.17, 15) is 12.8 Å². The van der Waals surface area contributed by atoms with Gasteiger partial charge in [-0.3, -0.25) is 0 Å². The molecule has 0 N–H and O–H groups in total. The minimum absolute atomic E-state index is 0.241. The lowest BCUT2D eigenvalue weighted by molar-refractivity contribution is 0.602. The highest BCUT2D eigenvalue weighted by Gasteiger charge is 2.14. The molecule has 0 amide bonds. The van der Waals surface area contributed by atoms with Gasteiger partial charge in [-0.15, -0.1) is 11.6 Å². The molecule has 0 aliphatic carbocycles. The maximum absolute atomic E-state index is 13.2. The van der Waals surface area contributed by atoms with Crippen molar-refractivity contribution in [2.45, 2.75) is 10.3 Å². The smallest absolute Gasteiger partial charge is 0.175 e. The first-order chi connectivity index (χ1) is 9.29. The van der Waals surface area contributed by atoms with Crippen LogP contribution in [-0.2, 0) is 9.84 Å². The predicted molar refractivity (Wildman–Crippen MR) is 81.3 cm³/mol. The van der Waals surface area contributed by atoms with Crippen molar-refractivity contribution in [3.8, 4) is 0 Å². The van der Waals surface area contributed by atoms with E-state index in [1.165, 1.54) is 18.2 Å². The van der Waals surface area contributed by atoms with Gasteiger partial charge in [0.15, 0.2) is 9.84 Å². The SMILES string of the molecule is CS(=O)(=O)c1ccc(C(Cl)c2ccc(F)c(Br)c2)cc1. The van der Waals surface area contributed by atoms with Gasteiger partial charge in [-0.25, -0.2) is 12.8 Å². The van der Waals surface area contributed by atoms with Crippen LogP contribution in [0.15, 0.2) is 51.8 Å². The molecule has 6 heteroatoms. The summed E-state index contributed by atoms with van der Waals surface area (Å²) in [4.78, 5) is 0.241. The number of alkyl halides is 1. The molecular formula is C14H11BrClFO2S. The first-order valence-corrected chi connectivity index (χ1v) is 8.80. The van der Waals surface area contributed by atoms with Crippen molar-refractivity contribution in [3.05, 3.63) is 63.9 Å². The van der Waals surface area contributed by atoms with E-state index >= 15 is 0 Å². The molecule has 0 aliphatic heterocycles. The molecule has 0 spiro atoms. The third kappa shape index (κ3) is 3.40. The molecule has 1 atom stereocenters. The molecule has 0 saturated carbocycles. The van der Waals surface area contributed by atoms with Crippen LogP contribution in [0.4, 0.5) is 4.39 Å². The summed E-state index contributed by atoms with van der Waals surface area (Å²) in [6.07, 6.45) is 1.15. The Balaban J connectivity index is 2.33. The van der Waals surface area contributed by atoms with Crippen LogP contribution in [0.5, 0.6) is 0 Å². The average Bonchev–Trinajstić information content (AvgIpc) is 2.40. The highest BCUT2D eigenvalue weighted by molar-refractivity contribution is 9.10. The number of benzene rings is 2. The maximum atomic E-state index is 13.2. The van der Waals surface area contributed by atoms with E-state index in [0.717, 1.165) is 17.4 Å². The quantitative estimate of drug-likeness (QED) is 0.747. The highest BCUT2D eigenvalue weighted by atomic mass is 79.9. The van der Waals surface area contributed by atoms with Gasteiger partial charge in [-0.05, 0) is 51.3 Å². The fraction of sp³-hybridized carbons (Fsp3) is 0.143. The van der Waals surface area contributed by atoms with Crippen molar-refractivity contribution < 1.29 is 12.8 Å². The monoisotopic (exact) mass is 376 g/mol. The third-order valence-corrected chi connectivity index (χ3v) is 5.08. The highest BCUT2D eigenvalue weighted by Crippen LogP contribution is 2.31. The largest absolute Gasteiger partial charge is 0.224 e. The second-order valence-corrected chi connectivity index (χ2v) is 7.68. The van der Waals surface area contributed by atoms with Crippen LogP contribution < -0.4 is 0 Å². The maximum Gasteiger partial charge on any atom is 0.175 e. The summed E-state index contributed by atoms with van der Waals surface area (Å²) in [5.74, 6) is -0.356. The number of sulfone groups is 1. The van der Waals surface area contributed by atoms with Crippen LogP contribution in [0.3, 0.4) is 0 Å². The molecule has 0 fully saturated rings. The van der Waals surface area contributed by atoms with Crippen molar-refractivity contribution in [1.29, 1.82) is 0 Å². The van der Waals surface area contributed by atoms with Gasteiger partial charge in [0.1, 0.15) is 5.82 Å². The fourth-order valence-corrected chi connectivity index (χ4v) is 3.05. The Labute approximate surface area is 130 Å². The van der Waals surface area contributed by atoms with E-state index in [-0.39, 0.29) is 10.7 Å². The van der Waals surface area contributed by atoms with Gasteiger partial charge in [-0.2, -0.15) is 0 Å². The van der Waals surface area contributed by atoms with Crippen molar-refractivity contribution in [1.82, 2.24) is 0 Å². The van der Waals surface area contributed by atoms with Crippen LogP contribution in [0.1, 0.15) is 16.5 Å². The van der Waals surface area contributed by atoms with E-state index in [2.05, 4.69) is 15.9 Å². The van der Waals surface area contributed by atoms with Crippen molar-refractivity contribution >= 4 is 37.4 Å². The minimum atomic E-state index is -3.22. The molecule has 2 rings (SSSR count). The zero-order chi connectivity index (χ0) is 14.9. The summed E-state index contributed by atoms with van der Waals surface area (Å²) in [6.45, 7) is 0. The first-order valence-electron chi connectivity index (χ1n) is 5.68. The van der Waals surface area contributed by atoms with E-state index in [4.69, 9.17) is 11.6 Å². The number of hydrogen-bond donors (Lipinski definition) is 0. The Morgan fingerprint density at radius 2 is 1.65 bits per heavy atom. The Hall–Kier alpha value is -0.910. The molecule has 0 saturated heterocycles. The van der Waals surface area contributed by atoms with Crippen LogP contribution in [0, 0.1) is 5.82 Å². The molecule has 20 heavy (non-hydrogen) atoms. The van der Waals surface area contributed by atoms with Crippen LogP contribution in [0.2, 0.25) is 0 Å². The predicted octanol–water partition coefficient (Wildman–Crippen LogP) is 4.32. The molecule has 2 nitrogen and oxygen atoms in total. The summed E-state index contributed by atoms with van der Waals surface area (Å²) in [6, 6.07) is 10.9. The van der Waals surface area contributed by atoms with Crippen LogP contribution in [-0.4, -0.2) is 14.7 Å². The van der Waals surface area contributed by atoms with Crippen molar-refractivity contribution in [2.75, 3.05) is 6.26 Å². The Kier molecular flexibility index (Phi) is 4.52. The fourth-order valence-electron chi connectivity index (χ4n) is 1.75. The van der Waals surface area contributed by atoms with Crippen molar-refractivity contribution in [3.63, 3.8) is 0 Å². The Morgan fingerprint density at radius 1 is 1.10 bits per heavy atom. The molecule has 0 heterocycles. The minimum Gasteiger partial charge on any atom is -0.224 e. The van der Waals surface area contributed by atoms with E-state index in [0.29, 0.717) is 4.47 Å². The molecule has 0 aromatic heterocycles. The summed E-state index contributed by atoms with van der Waals surface area (Å²) in [5, 5.41) is -0.472. The second-order valence-electron chi connectivity index (χ2n) is 4.38. The summed E-state index contributed by atoms with van der Waals surface area (Å²) in [7, 11) is -3.22. The van der Waals surface area contributed by atoms with E-state index in [1.807, 2.05) is 0 Å². The van der Waals surface area contributed by atoms with Gasteiger partial charge in [0.2, 0.25) is 0 Å². The molecule has 0 bridgehead atoms. The molecule has 106 valence electrons. The molecule has 2 aromatic rings. The van der Waals surface area contributed by atoms with Crippen LogP contribution in [0.25, 0.3) is 0 Å². The molecule has 0 aliphatic rings. The molecule has 1 unspecified atom stereocenters. The average molecular weight is 378 g/mol. The number of halogens is 3. The second kappa shape index (κ2) is 5.84. The lowest BCUT2D eigenvalue weighted by Crippen LogP contribution is -1.99. The van der Waals surface area contributed by atoms with E-state index in [1.54, 1.807) is 24.3 Å². The van der Waals surface area contributed by atoms with Gasteiger partial charge in [-0.1, -0.05) is 18.2 Å². The van der Waals surface area contributed by atoms with Gasteiger partial charge in [0, 0.05) is 6.26 Å². The summed E-state index contributed by atoms with van der Waals surface area (Å²) < 4.78 is 36.3. The number of rotatable bonds is 3. The summed E-state index contributed by atoms with van der Waals surface area (Å²) >= 11 is 9.44. The third-order valence-electron chi connectivity index (χ3n) is 2.84. The molecular weight excluding hydrogens is 367 g/mol. The van der Waals surface area contributed by atoms with Crippen LogP contribution >= 0.6 is 27.5 Å². The zero-order valence-corrected chi connectivity index (χ0v) is 13.6. The zero-order valence-electron chi connectivity index (χ0n) is 10.5. The Bertz CT molecular complexity index is 729. The molecule has 2 aromatic carbocycles. The number of hydrogen-bond acceptors (Lipinski definition) is 2. The standard InChI is InChI=1S/C14H11BrClFO2S/c1-20(18,19)11-5-2-9(3-6-11)14(16)10-4-7-13(17)12(15)8-10/h2-8,14H,1H3. The summed E-state index contributed by atoms with van der Waals surface area (Å²) in [5.41, 5.74) is 1.48. The Morgan fingerprint density at radius 3 is 2.15 bits per heavy atom. The first kappa shape index (κ1) is 15.5. The van der Waals surface area contributed by atoms with Gasteiger partial charge >= 0.3 is 0 Å². The lowest BCUT2D eigenvalue weighted by Gasteiger charge is -2.11. The van der Waals surface area contributed by atoms with Gasteiger partial charge in [0.05, 0.1) is 14.7 Å². The van der Waals surface area contributed by atoms with Gasteiger partial charge < -0.3 is 0 Å². The van der Waals surface area contributed by atoms with Crippen molar-refractivity contribution in [2.24, 2.45) is 0 Å². The van der Waals surface area contributed by atoms with Gasteiger partial charge in [0.25, 0.3) is 0 Å². The van der Waals surface area contributed by atoms with E-state index < -0.39 is 15.2 Å². The lowest BCUT2D eigenvalue weighted by atomic mass is 10.0.